The largest absolute Gasteiger partial charge is 0.262 e. The molecule has 0 N–H and O–H groups in total. The molecule has 3 heteroatoms. The summed E-state index contributed by atoms with van der Waals surface area (Å²) in [4.78, 5) is 0. The minimum atomic E-state index is 0.377. The highest BCUT2D eigenvalue weighted by atomic mass is 79.9. The van der Waals surface area contributed by atoms with E-state index in [1.54, 1.807) is 0 Å². The molecule has 0 atom stereocenters. The molecule has 0 aliphatic heterocycles. The van der Waals surface area contributed by atoms with Crippen LogP contribution >= 0.6 is 15.9 Å². The summed E-state index contributed by atoms with van der Waals surface area (Å²) in [5.74, 6) is 0. The van der Waals surface area contributed by atoms with Crippen molar-refractivity contribution in [2.45, 2.75) is 26.8 Å². The lowest BCUT2D eigenvalue weighted by Gasteiger charge is -2.12. The van der Waals surface area contributed by atoms with Gasteiger partial charge < -0.3 is 0 Å². The lowest BCUT2D eigenvalue weighted by molar-refractivity contribution is 0.538. The third kappa shape index (κ3) is 2.05. The standard InChI is InChI=1S/C13H15BrN2/c1-9(2)16-13(10(3)8-15-16)11-5-4-6-12(14)7-11/h4-9H,1-3H3. The quantitative estimate of drug-likeness (QED) is 0.805. The summed E-state index contributed by atoms with van der Waals surface area (Å²) in [6.07, 6.45) is 1.93. The molecule has 0 saturated carbocycles. The maximum Gasteiger partial charge on any atom is 0.0714 e. The molecule has 0 spiro atoms. The van der Waals surface area contributed by atoms with Gasteiger partial charge in [0.1, 0.15) is 0 Å². The molecule has 1 aromatic carbocycles. The monoisotopic (exact) mass is 278 g/mol. The van der Waals surface area contributed by atoms with Crippen molar-refractivity contribution in [1.29, 1.82) is 0 Å². The molecule has 0 saturated heterocycles. The van der Waals surface area contributed by atoms with Crippen LogP contribution in [0.4, 0.5) is 0 Å². The van der Waals surface area contributed by atoms with Crippen molar-refractivity contribution in [2.24, 2.45) is 0 Å². The number of aryl methyl sites for hydroxylation is 1. The SMILES string of the molecule is Cc1cnn(C(C)C)c1-c1cccc(Br)c1. The van der Waals surface area contributed by atoms with Crippen LogP contribution < -0.4 is 0 Å². The molecule has 84 valence electrons. The van der Waals surface area contributed by atoms with Gasteiger partial charge in [0.15, 0.2) is 0 Å². The Hall–Kier alpha value is -1.09. The second kappa shape index (κ2) is 4.42. The Bertz CT molecular complexity index is 500. The number of nitrogens with zero attached hydrogens (tertiary/aromatic N) is 2. The summed E-state index contributed by atoms with van der Waals surface area (Å²) < 4.78 is 3.16. The first-order valence-electron chi connectivity index (χ1n) is 5.39. The molecule has 0 amide bonds. The van der Waals surface area contributed by atoms with E-state index in [0.29, 0.717) is 6.04 Å². The van der Waals surface area contributed by atoms with Crippen LogP contribution in [0.1, 0.15) is 25.5 Å². The zero-order valence-corrected chi connectivity index (χ0v) is 11.3. The molecule has 1 heterocycles. The Morgan fingerprint density at radius 3 is 2.69 bits per heavy atom. The van der Waals surface area contributed by atoms with Gasteiger partial charge in [-0.2, -0.15) is 5.10 Å². The number of rotatable bonds is 2. The Labute approximate surface area is 104 Å². The van der Waals surface area contributed by atoms with Crippen molar-refractivity contribution in [2.75, 3.05) is 0 Å². The Morgan fingerprint density at radius 1 is 1.31 bits per heavy atom. The topological polar surface area (TPSA) is 17.8 Å². The lowest BCUT2D eigenvalue weighted by Crippen LogP contribution is -2.04. The van der Waals surface area contributed by atoms with Gasteiger partial charge in [0.25, 0.3) is 0 Å². The van der Waals surface area contributed by atoms with Gasteiger partial charge in [0.2, 0.25) is 0 Å². The first-order valence-corrected chi connectivity index (χ1v) is 6.19. The molecule has 0 bridgehead atoms. The van der Waals surface area contributed by atoms with E-state index in [2.05, 4.69) is 64.7 Å². The fourth-order valence-corrected chi connectivity index (χ4v) is 2.23. The van der Waals surface area contributed by atoms with Crippen molar-refractivity contribution in [1.82, 2.24) is 9.78 Å². The average Bonchev–Trinajstić information content (AvgIpc) is 2.60. The predicted molar refractivity (Wildman–Crippen MR) is 70.5 cm³/mol. The van der Waals surface area contributed by atoms with Crippen LogP contribution in [-0.2, 0) is 0 Å². The van der Waals surface area contributed by atoms with Crippen molar-refractivity contribution in [3.8, 4) is 11.3 Å². The van der Waals surface area contributed by atoms with Crippen LogP contribution in [0.15, 0.2) is 34.9 Å². The van der Waals surface area contributed by atoms with Crippen molar-refractivity contribution < 1.29 is 0 Å². The van der Waals surface area contributed by atoms with E-state index in [4.69, 9.17) is 0 Å². The second-order valence-electron chi connectivity index (χ2n) is 4.22. The van der Waals surface area contributed by atoms with Gasteiger partial charge >= 0.3 is 0 Å². The zero-order valence-electron chi connectivity index (χ0n) is 9.74. The van der Waals surface area contributed by atoms with Gasteiger partial charge in [0, 0.05) is 16.1 Å². The second-order valence-corrected chi connectivity index (χ2v) is 5.14. The normalized spacial score (nSPS) is 11.1. The van der Waals surface area contributed by atoms with Crippen LogP contribution in [0.25, 0.3) is 11.3 Å². The van der Waals surface area contributed by atoms with Gasteiger partial charge in [-0.25, -0.2) is 0 Å². The van der Waals surface area contributed by atoms with Gasteiger partial charge in [-0.15, -0.1) is 0 Å². The molecular weight excluding hydrogens is 264 g/mol. The minimum absolute atomic E-state index is 0.377. The third-order valence-corrected chi connectivity index (χ3v) is 3.06. The van der Waals surface area contributed by atoms with E-state index in [9.17, 15) is 0 Å². The van der Waals surface area contributed by atoms with Crippen molar-refractivity contribution >= 4 is 15.9 Å². The number of halogens is 1. The number of hydrogen-bond donors (Lipinski definition) is 0. The Balaban J connectivity index is 2.59. The van der Waals surface area contributed by atoms with Crippen LogP contribution in [0.5, 0.6) is 0 Å². The molecule has 2 aromatic rings. The van der Waals surface area contributed by atoms with Gasteiger partial charge in [-0.05, 0) is 38.5 Å². The summed E-state index contributed by atoms with van der Waals surface area (Å²) in [6, 6.07) is 8.71. The van der Waals surface area contributed by atoms with Crippen LogP contribution in [0.3, 0.4) is 0 Å². The molecular formula is C13H15BrN2. The highest BCUT2D eigenvalue weighted by Gasteiger charge is 2.12. The fourth-order valence-electron chi connectivity index (χ4n) is 1.84. The van der Waals surface area contributed by atoms with E-state index < -0.39 is 0 Å². The fraction of sp³-hybridized carbons (Fsp3) is 0.308. The van der Waals surface area contributed by atoms with E-state index in [-0.39, 0.29) is 0 Å². The van der Waals surface area contributed by atoms with Crippen molar-refractivity contribution in [3.63, 3.8) is 0 Å². The smallest absolute Gasteiger partial charge is 0.0714 e. The summed E-state index contributed by atoms with van der Waals surface area (Å²) in [5.41, 5.74) is 3.63. The Kier molecular flexibility index (Phi) is 3.15. The first kappa shape index (κ1) is 11.4. The molecule has 0 aliphatic carbocycles. The van der Waals surface area contributed by atoms with Crippen molar-refractivity contribution in [3.05, 3.63) is 40.5 Å². The molecule has 1 aromatic heterocycles. The average molecular weight is 279 g/mol. The van der Waals surface area contributed by atoms with E-state index in [1.165, 1.54) is 16.8 Å². The van der Waals surface area contributed by atoms with Gasteiger partial charge in [-0.3, -0.25) is 4.68 Å². The van der Waals surface area contributed by atoms with Crippen LogP contribution in [0.2, 0.25) is 0 Å². The summed E-state index contributed by atoms with van der Waals surface area (Å²) in [6.45, 7) is 6.39. The predicted octanol–water partition coefficient (Wildman–Crippen LogP) is 4.20. The molecule has 0 aliphatic rings. The lowest BCUT2D eigenvalue weighted by atomic mass is 10.1. The highest BCUT2D eigenvalue weighted by Crippen LogP contribution is 2.27. The molecule has 2 rings (SSSR count). The molecule has 0 fully saturated rings. The van der Waals surface area contributed by atoms with Gasteiger partial charge in [0.05, 0.1) is 11.9 Å². The molecule has 0 unspecified atom stereocenters. The number of hydrogen-bond acceptors (Lipinski definition) is 1. The minimum Gasteiger partial charge on any atom is -0.262 e. The van der Waals surface area contributed by atoms with Crippen LogP contribution in [0, 0.1) is 6.92 Å². The molecule has 2 nitrogen and oxygen atoms in total. The van der Waals surface area contributed by atoms with E-state index in [0.717, 1.165) is 4.47 Å². The van der Waals surface area contributed by atoms with Gasteiger partial charge in [-0.1, -0.05) is 28.1 Å². The molecule has 0 radical (unpaired) electrons. The molecule has 16 heavy (non-hydrogen) atoms. The highest BCUT2D eigenvalue weighted by molar-refractivity contribution is 9.10. The van der Waals surface area contributed by atoms with E-state index in [1.807, 2.05) is 12.3 Å². The Morgan fingerprint density at radius 2 is 2.06 bits per heavy atom. The zero-order chi connectivity index (χ0) is 11.7. The third-order valence-electron chi connectivity index (χ3n) is 2.57. The van der Waals surface area contributed by atoms with Crippen LogP contribution in [-0.4, -0.2) is 9.78 Å². The summed E-state index contributed by atoms with van der Waals surface area (Å²) in [7, 11) is 0. The number of benzene rings is 1. The summed E-state index contributed by atoms with van der Waals surface area (Å²) >= 11 is 3.50. The maximum absolute atomic E-state index is 4.42. The number of aromatic nitrogens is 2. The van der Waals surface area contributed by atoms with E-state index >= 15 is 0 Å². The summed E-state index contributed by atoms with van der Waals surface area (Å²) in [5, 5.41) is 4.42. The maximum atomic E-state index is 4.42. The first-order chi connectivity index (χ1) is 7.59.